The van der Waals surface area contributed by atoms with E-state index in [1.165, 1.54) is 12.1 Å². The molecule has 0 saturated heterocycles. The summed E-state index contributed by atoms with van der Waals surface area (Å²) in [6, 6.07) is 30.1. The molecule has 3 heterocycles. The Bertz CT molecular complexity index is 1870. The average molecular weight is 563 g/mol. The molecule has 3 aromatic heterocycles. The zero-order valence-electron chi connectivity index (χ0n) is 21.8. The molecule has 0 aliphatic heterocycles. The van der Waals surface area contributed by atoms with Crippen molar-refractivity contribution in [3.05, 3.63) is 119 Å². The van der Waals surface area contributed by atoms with E-state index < -0.39 is 5.97 Å². The van der Waals surface area contributed by atoms with Gasteiger partial charge >= 0.3 is 5.97 Å². The lowest BCUT2D eigenvalue weighted by atomic mass is 10.1. The number of halogens is 1. The van der Waals surface area contributed by atoms with Gasteiger partial charge in [0, 0.05) is 23.1 Å². The highest BCUT2D eigenvalue weighted by atomic mass is 35.5. The SMILES string of the molecule is CCc1nnc(-n2nc(-c3ccccc3)cc2-c2ccccc2)n1/N=C\c1ccc(-c2ccc(Cl)c(C(=O)O)c2)o1. The molecule has 3 aromatic carbocycles. The number of carboxylic acids is 1. The Morgan fingerprint density at radius 1 is 0.927 bits per heavy atom. The minimum Gasteiger partial charge on any atom is -0.478 e. The van der Waals surface area contributed by atoms with Crippen molar-refractivity contribution in [2.45, 2.75) is 13.3 Å². The van der Waals surface area contributed by atoms with Gasteiger partial charge in [-0.1, -0.05) is 79.2 Å². The van der Waals surface area contributed by atoms with Gasteiger partial charge in [-0.15, -0.1) is 10.2 Å². The third-order valence-electron chi connectivity index (χ3n) is 6.45. The van der Waals surface area contributed by atoms with E-state index in [0.717, 1.165) is 22.5 Å². The molecule has 6 aromatic rings. The Hall–Kier alpha value is -5.28. The monoisotopic (exact) mass is 562 g/mol. The first kappa shape index (κ1) is 26.0. The fourth-order valence-corrected chi connectivity index (χ4v) is 4.60. The van der Waals surface area contributed by atoms with E-state index >= 15 is 0 Å². The lowest BCUT2D eigenvalue weighted by Crippen LogP contribution is -2.08. The quantitative estimate of drug-likeness (QED) is 0.203. The molecule has 0 aliphatic carbocycles. The van der Waals surface area contributed by atoms with Crippen LogP contribution in [0.25, 0.3) is 39.8 Å². The van der Waals surface area contributed by atoms with Crippen LogP contribution in [0.1, 0.15) is 28.9 Å². The number of nitrogens with zero attached hydrogens (tertiary/aromatic N) is 6. The van der Waals surface area contributed by atoms with Crippen LogP contribution in [0.3, 0.4) is 0 Å². The maximum Gasteiger partial charge on any atom is 0.337 e. The molecule has 1 N–H and O–H groups in total. The van der Waals surface area contributed by atoms with Crippen LogP contribution >= 0.6 is 11.6 Å². The van der Waals surface area contributed by atoms with Crippen LogP contribution in [0, 0.1) is 0 Å². The number of rotatable bonds is 8. The van der Waals surface area contributed by atoms with Gasteiger partial charge in [0.2, 0.25) is 0 Å². The molecule has 9 nitrogen and oxygen atoms in total. The van der Waals surface area contributed by atoms with Crippen molar-refractivity contribution in [3.63, 3.8) is 0 Å². The van der Waals surface area contributed by atoms with Crippen molar-refractivity contribution in [3.8, 4) is 39.8 Å². The highest BCUT2D eigenvalue weighted by Gasteiger charge is 2.20. The molecule has 0 bridgehead atoms. The van der Waals surface area contributed by atoms with E-state index in [9.17, 15) is 9.90 Å². The third kappa shape index (κ3) is 5.18. The second kappa shape index (κ2) is 11.1. The van der Waals surface area contributed by atoms with Crippen molar-refractivity contribution < 1.29 is 14.3 Å². The molecule has 6 rings (SSSR count). The molecular weight excluding hydrogens is 540 g/mol. The number of aryl methyl sites for hydroxylation is 1. The summed E-state index contributed by atoms with van der Waals surface area (Å²) in [5.41, 5.74) is 4.17. The first-order valence-electron chi connectivity index (χ1n) is 12.8. The minimum atomic E-state index is -1.11. The molecule has 41 heavy (non-hydrogen) atoms. The van der Waals surface area contributed by atoms with Crippen LogP contribution in [0.15, 0.2) is 107 Å². The van der Waals surface area contributed by atoms with Gasteiger partial charge in [-0.3, -0.25) is 0 Å². The van der Waals surface area contributed by atoms with E-state index in [1.807, 2.05) is 73.7 Å². The molecule has 0 unspecified atom stereocenters. The van der Waals surface area contributed by atoms with Crippen LogP contribution in [-0.2, 0) is 6.42 Å². The van der Waals surface area contributed by atoms with Gasteiger partial charge in [0.05, 0.1) is 28.2 Å². The molecular formula is C31H23ClN6O3. The topological polar surface area (TPSA) is 111 Å². The Labute approximate surface area is 240 Å². The number of hydrogen-bond acceptors (Lipinski definition) is 6. The summed E-state index contributed by atoms with van der Waals surface area (Å²) in [5.74, 6) is 0.900. The smallest absolute Gasteiger partial charge is 0.337 e. The Morgan fingerprint density at radius 2 is 1.66 bits per heavy atom. The van der Waals surface area contributed by atoms with Crippen LogP contribution in [0.2, 0.25) is 5.02 Å². The summed E-state index contributed by atoms with van der Waals surface area (Å²) in [6.07, 6.45) is 2.15. The van der Waals surface area contributed by atoms with Gasteiger partial charge in [0.1, 0.15) is 11.5 Å². The molecule has 0 amide bonds. The molecule has 0 atom stereocenters. The summed E-state index contributed by atoms with van der Waals surface area (Å²) in [4.78, 5) is 11.5. The lowest BCUT2D eigenvalue weighted by Gasteiger charge is -2.07. The fraction of sp³-hybridized carbons (Fsp3) is 0.0645. The van der Waals surface area contributed by atoms with E-state index in [1.54, 1.807) is 33.8 Å². The molecule has 0 radical (unpaired) electrons. The predicted octanol–water partition coefficient (Wildman–Crippen LogP) is 6.85. The van der Waals surface area contributed by atoms with Crippen molar-refractivity contribution in [1.29, 1.82) is 0 Å². The minimum absolute atomic E-state index is 0.000757. The van der Waals surface area contributed by atoms with E-state index in [2.05, 4.69) is 15.3 Å². The predicted molar refractivity (Wildman–Crippen MR) is 156 cm³/mol. The van der Waals surface area contributed by atoms with E-state index in [4.69, 9.17) is 21.1 Å². The first-order chi connectivity index (χ1) is 20.0. The van der Waals surface area contributed by atoms with Crippen molar-refractivity contribution >= 4 is 23.8 Å². The van der Waals surface area contributed by atoms with Gasteiger partial charge in [-0.2, -0.15) is 19.6 Å². The molecule has 0 fully saturated rings. The number of aromatic nitrogens is 5. The second-order valence-corrected chi connectivity index (χ2v) is 9.49. The number of carboxylic acid groups (broad SMARTS) is 1. The van der Waals surface area contributed by atoms with Gasteiger partial charge in [0.25, 0.3) is 5.95 Å². The summed E-state index contributed by atoms with van der Waals surface area (Å²) in [5, 5.41) is 27.9. The Balaban J connectivity index is 1.39. The van der Waals surface area contributed by atoms with Gasteiger partial charge in [-0.25, -0.2) is 4.79 Å². The normalized spacial score (nSPS) is 11.4. The molecule has 0 spiro atoms. The lowest BCUT2D eigenvalue weighted by molar-refractivity contribution is 0.0697. The largest absolute Gasteiger partial charge is 0.478 e. The maximum absolute atomic E-state index is 11.5. The van der Waals surface area contributed by atoms with Crippen molar-refractivity contribution in [1.82, 2.24) is 24.7 Å². The summed E-state index contributed by atoms with van der Waals surface area (Å²) in [7, 11) is 0. The molecule has 10 heteroatoms. The van der Waals surface area contributed by atoms with Crippen molar-refractivity contribution in [2.24, 2.45) is 5.10 Å². The summed E-state index contributed by atoms with van der Waals surface area (Å²) in [6.45, 7) is 1.97. The van der Waals surface area contributed by atoms with E-state index in [0.29, 0.717) is 35.3 Å². The van der Waals surface area contributed by atoms with Gasteiger partial charge in [0.15, 0.2) is 5.82 Å². The van der Waals surface area contributed by atoms with Crippen LogP contribution < -0.4 is 0 Å². The maximum atomic E-state index is 11.5. The number of benzene rings is 3. The molecule has 0 saturated carbocycles. The third-order valence-corrected chi connectivity index (χ3v) is 6.78. The highest BCUT2D eigenvalue weighted by molar-refractivity contribution is 6.33. The standard InChI is InChI=1S/C31H23ClN6O3/c1-2-29-34-35-31(37-27(21-11-7-4-8-12-21)18-26(36-37)20-9-5-3-6-10-20)38(29)33-19-23-14-16-28(41-23)22-13-15-25(32)24(17-22)30(39)40/h3-19H,2H2,1H3,(H,39,40)/b33-19-. The van der Waals surface area contributed by atoms with Crippen LogP contribution in [0.5, 0.6) is 0 Å². The van der Waals surface area contributed by atoms with Crippen molar-refractivity contribution in [2.75, 3.05) is 0 Å². The number of aromatic carboxylic acids is 1. The van der Waals surface area contributed by atoms with Crippen LogP contribution in [-0.4, -0.2) is 41.9 Å². The summed E-state index contributed by atoms with van der Waals surface area (Å²) < 4.78 is 9.34. The van der Waals surface area contributed by atoms with Gasteiger partial charge in [-0.05, 0) is 36.4 Å². The highest BCUT2D eigenvalue weighted by Crippen LogP contribution is 2.29. The Morgan fingerprint density at radius 3 is 2.37 bits per heavy atom. The number of hydrogen-bond donors (Lipinski definition) is 1. The van der Waals surface area contributed by atoms with E-state index in [-0.39, 0.29) is 10.6 Å². The number of furan rings is 1. The number of carbonyl (C=O) groups is 1. The molecule has 0 aliphatic rings. The second-order valence-electron chi connectivity index (χ2n) is 9.09. The fourth-order valence-electron chi connectivity index (χ4n) is 4.41. The molecule has 202 valence electrons. The van der Waals surface area contributed by atoms with Crippen LogP contribution in [0.4, 0.5) is 0 Å². The average Bonchev–Trinajstić information content (AvgIpc) is 3.75. The Kier molecular flexibility index (Phi) is 7.01. The van der Waals surface area contributed by atoms with Gasteiger partial charge < -0.3 is 9.52 Å². The zero-order valence-corrected chi connectivity index (χ0v) is 22.6. The summed E-state index contributed by atoms with van der Waals surface area (Å²) >= 11 is 6.02. The first-order valence-corrected chi connectivity index (χ1v) is 13.2. The zero-order chi connectivity index (χ0) is 28.3.